The second-order valence-corrected chi connectivity index (χ2v) is 10.4. The molecule has 5 unspecified atom stereocenters. The average Bonchev–Trinajstić information content (AvgIpc) is 3.59. The largest absolute Gasteiger partial charge is 0.508 e. The third-order valence-electron chi connectivity index (χ3n) is 7.32. The number of carbonyl (C=O) groups is 4. The quantitative estimate of drug-likeness (QED) is 0.173. The highest BCUT2D eigenvalue weighted by Gasteiger charge is 2.39. The Morgan fingerprint density at radius 2 is 1.78 bits per heavy atom. The normalized spacial score (nSPS) is 17.9. The van der Waals surface area contributed by atoms with Crippen molar-refractivity contribution in [1.82, 2.24) is 20.5 Å². The number of phenols is 1. The minimum atomic E-state index is -1.46. The van der Waals surface area contributed by atoms with Gasteiger partial charge in [-0.1, -0.05) is 30.3 Å². The van der Waals surface area contributed by atoms with E-state index in [0.717, 1.165) is 16.5 Å². The minimum absolute atomic E-state index is 0.0138. The lowest BCUT2D eigenvalue weighted by atomic mass is 10.0. The van der Waals surface area contributed by atoms with E-state index in [2.05, 4.69) is 15.6 Å². The number of nitrogens with zero attached hydrogens (tertiary/aromatic N) is 1. The molecule has 218 valence electrons. The van der Waals surface area contributed by atoms with Crippen molar-refractivity contribution in [1.29, 1.82) is 0 Å². The predicted octanol–water partition coefficient (Wildman–Crippen LogP) is 0.412. The van der Waals surface area contributed by atoms with E-state index in [9.17, 15) is 34.5 Å². The number of H-pyrrole nitrogens is 1. The number of rotatable bonds is 11. The van der Waals surface area contributed by atoms with Gasteiger partial charge >= 0.3 is 5.97 Å². The van der Waals surface area contributed by atoms with Crippen LogP contribution in [0.25, 0.3) is 10.9 Å². The molecular weight excluding hydrogens is 530 g/mol. The molecule has 3 aromatic rings. The number of carboxylic acid groups (broad SMARTS) is 1. The van der Waals surface area contributed by atoms with E-state index >= 15 is 0 Å². The lowest BCUT2D eigenvalue weighted by Gasteiger charge is -2.29. The highest BCUT2D eigenvalue weighted by atomic mass is 16.4. The van der Waals surface area contributed by atoms with Crippen LogP contribution in [-0.4, -0.2) is 85.7 Å². The first-order valence-electron chi connectivity index (χ1n) is 13.5. The highest BCUT2D eigenvalue weighted by Crippen LogP contribution is 2.22. The van der Waals surface area contributed by atoms with Crippen molar-refractivity contribution in [2.75, 3.05) is 6.54 Å². The number of aromatic amines is 1. The zero-order chi connectivity index (χ0) is 29.7. The third-order valence-corrected chi connectivity index (χ3v) is 7.32. The summed E-state index contributed by atoms with van der Waals surface area (Å²) in [6, 6.07) is 8.92. The van der Waals surface area contributed by atoms with Gasteiger partial charge in [-0.05, 0) is 55.5 Å². The topological polar surface area (TPSA) is 198 Å². The molecule has 0 radical (unpaired) electrons. The molecule has 0 spiro atoms. The van der Waals surface area contributed by atoms with Crippen molar-refractivity contribution >= 4 is 34.6 Å². The summed E-state index contributed by atoms with van der Waals surface area (Å²) < 4.78 is 0. The lowest BCUT2D eigenvalue weighted by molar-refractivity contribution is -0.144. The number of benzene rings is 2. The summed E-state index contributed by atoms with van der Waals surface area (Å²) in [4.78, 5) is 55.9. The summed E-state index contributed by atoms with van der Waals surface area (Å²) in [6.07, 6.45) is 1.55. The van der Waals surface area contributed by atoms with Gasteiger partial charge in [-0.2, -0.15) is 0 Å². The Hall–Kier alpha value is -4.42. The summed E-state index contributed by atoms with van der Waals surface area (Å²) >= 11 is 0. The van der Waals surface area contributed by atoms with Crippen molar-refractivity contribution in [3.63, 3.8) is 0 Å². The van der Waals surface area contributed by atoms with Gasteiger partial charge in [0.15, 0.2) is 0 Å². The average molecular weight is 566 g/mol. The zero-order valence-electron chi connectivity index (χ0n) is 22.6. The fourth-order valence-electron chi connectivity index (χ4n) is 5.12. The molecule has 1 aromatic heterocycles. The SMILES string of the molecule is CC(O)C(NC(=O)C1CCCN1C(=O)C(N)Cc1c[nH]c2ccccc12)C(=O)NC(Cc1ccc(O)cc1)C(=O)O. The molecule has 12 nitrogen and oxygen atoms in total. The number of fused-ring (bicyclic) bond motifs is 1. The highest BCUT2D eigenvalue weighted by molar-refractivity contribution is 5.95. The van der Waals surface area contributed by atoms with Gasteiger partial charge in [-0.15, -0.1) is 0 Å². The molecule has 2 aromatic carbocycles. The maximum atomic E-state index is 13.3. The zero-order valence-corrected chi connectivity index (χ0v) is 22.6. The number of likely N-dealkylation sites (tertiary alicyclic amines) is 1. The number of nitrogens with one attached hydrogen (secondary N) is 3. The number of carbonyl (C=O) groups excluding carboxylic acids is 3. The maximum Gasteiger partial charge on any atom is 0.326 e. The fraction of sp³-hybridized carbons (Fsp3) is 0.379. The Balaban J connectivity index is 1.40. The molecular formula is C29H35N5O7. The first-order chi connectivity index (χ1) is 19.5. The van der Waals surface area contributed by atoms with E-state index < -0.39 is 54.0 Å². The number of aliphatic hydroxyl groups is 1. The molecule has 0 aliphatic carbocycles. The van der Waals surface area contributed by atoms with E-state index in [-0.39, 0.29) is 18.6 Å². The molecule has 12 heteroatoms. The fourth-order valence-corrected chi connectivity index (χ4v) is 5.12. The monoisotopic (exact) mass is 565 g/mol. The van der Waals surface area contributed by atoms with Crippen molar-refractivity contribution in [3.8, 4) is 5.75 Å². The smallest absolute Gasteiger partial charge is 0.326 e. The van der Waals surface area contributed by atoms with Crippen molar-refractivity contribution in [3.05, 3.63) is 65.9 Å². The number of aromatic nitrogens is 1. The van der Waals surface area contributed by atoms with Gasteiger partial charge in [-0.3, -0.25) is 14.4 Å². The Morgan fingerprint density at radius 3 is 2.46 bits per heavy atom. The summed E-state index contributed by atoms with van der Waals surface area (Å²) in [7, 11) is 0. The number of phenolic OH excluding ortho intramolecular Hbond substituents is 1. The number of aliphatic carboxylic acids is 1. The van der Waals surface area contributed by atoms with Gasteiger partial charge < -0.3 is 41.6 Å². The molecule has 1 aliphatic heterocycles. The number of para-hydroxylation sites is 1. The molecule has 0 bridgehead atoms. The van der Waals surface area contributed by atoms with Gasteiger partial charge in [0.1, 0.15) is 23.9 Å². The summed E-state index contributed by atoms with van der Waals surface area (Å²) in [5.74, 6) is -3.21. The third kappa shape index (κ3) is 7.02. The Kier molecular flexibility index (Phi) is 9.25. The van der Waals surface area contributed by atoms with Crippen LogP contribution in [0.2, 0.25) is 0 Å². The predicted molar refractivity (Wildman–Crippen MR) is 150 cm³/mol. The summed E-state index contributed by atoms with van der Waals surface area (Å²) in [6.45, 7) is 1.62. The van der Waals surface area contributed by atoms with Crippen molar-refractivity contribution in [2.45, 2.75) is 62.9 Å². The molecule has 3 amide bonds. The number of amides is 3. The number of hydrogen-bond donors (Lipinski definition) is 7. The van der Waals surface area contributed by atoms with Gasteiger partial charge in [0.05, 0.1) is 12.1 Å². The maximum absolute atomic E-state index is 13.3. The molecule has 4 rings (SSSR count). The van der Waals surface area contributed by atoms with Crippen LogP contribution in [-0.2, 0) is 32.0 Å². The van der Waals surface area contributed by atoms with Gasteiger partial charge in [-0.25, -0.2) is 4.79 Å². The van der Waals surface area contributed by atoms with E-state index in [1.165, 1.54) is 36.1 Å². The standard InChI is InChI=1S/C29H35N5O7/c1-16(35)25(27(38)32-23(29(40)41)13-17-8-10-19(36)11-9-17)33-26(37)24-7-4-12-34(24)28(39)21(30)14-18-15-31-22-6-3-2-5-20(18)22/h2-3,5-6,8-11,15-16,21,23-25,31,35-36H,4,7,12-14,30H2,1H3,(H,32,38)(H,33,37)(H,40,41). The van der Waals surface area contributed by atoms with Crippen LogP contribution in [0.15, 0.2) is 54.7 Å². The number of aromatic hydroxyl groups is 1. The second kappa shape index (κ2) is 12.8. The molecule has 2 heterocycles. The summed E-state index contributed by atoms with van der Waals surface area (Å²) in [5, 5.41) is 35.2. The van der Waals surface area contributed by atoms with E-state index in [4.69, 9.17) is 5.73 Å². The molecule has 1 aliphatic rings. The molecule has 8 N–H and O–H groups in total. The minimum Gasteiger partial charge on any atom is -0.508 e. The van der Waals surface area contributed by atoms with Crippen LogP contribution >= 0.6 is 0 Å². The Labute approximate surface area is 236 Å². The molecule has 1 saturated heterocycles. The van der Waals surface area contributed by atoms with E-state index in [0.29, 0.717) is 24.9 Å². The molecule has 5 atom stereocenters. The summed E-state index contributed by atoms with van der Waals surface area (Å²) in [5.41, 5.74) is 8.65. The van der Waals surface area contributed by atoms with Crippen molar-refractivity contribution in [2.24, 2.45) is 5.73 Å². The number of nitrogens with two attached hydrogens (primary N) is 1. The number of carboxylic acids is 1. The van der Waals surface area contributed by atoms with E-state index in [1.807, 2.05) is 30.5 Å². The van der Waals surface area contributed by atoms with Crippen molar-refractivity contribution < 1.29 is 34.5 Å². The second-order valence-electron chi connectivity index (χ2n) is 10.4. The first kappa shape index (κ1) is 29.6. The van der Waals surface area contributed by atoms with Crippen LogP contribution in [0.3, 0.4) is 0 Å². The molecule has 41 heavy (non-hydrogen) atoms. The number of aliphatic hydroxyl groups excluding tert-OH is 1. The van der Waals surface area contributed by atoms with Gasteiger partial charge in [0, 0.05) is 30.1 Å². The Bertz CT molecular complexity index is 1400. The number of hydrogen-bond acceptors (Lipinski definition) is 7. The van der Waals surface area contributed by atoms with Crippen LogP contribution in [0.1, 0.15) is 30.9 Å². The van der Waals surface area contributed by atoms with Gasteiger partial charge in [0.25, 0.3) is 0 Å². The first-order valence-corrected chi connectivity index (χ1v) is 13.5. The Morgan fingerprint density at radius 1 is 1.07 bits per heavy atom. The van der Waals surface area contributed by atoms with Crippen LogP contribution in [0, 0.1) is 0 Å². The van der Waals surface area contributed by atoms with Crippen LogP contribution in [0.5, 0.6) is 5.75 Å². The van der Waals surface area contributed by atoms with Gasteiger partial charge in [0.2, 0.25) is 17.7 Å². The van der Waals surface area contributed by atoms with Crippen LogP contribution in [0.4, 0.5) is 0 Å². The molecule has 1 fully saturated rings. The molecule has 0 saturated carbocycles. The van der Waals surface area contributed by atoms with Crippen LogP contribution < -0.4 is 16.4 Å². The van der Waals surface area contributed by atoms with E-state index in [1.54, 1.807) is 0 Å². The lowest BCUT2D eigenvalue weighted by Crippen LogP contribution is -2.59.